The molecule has 0 spiro atoms. The maximum absolute atomic E-state index is 12.2. The number of hydrogen-bond acceptors (Lipinski definition) is 1. The SMILES string of the molecule is CCCCCCCCCC(=O)c1cc(C)c(Cl)cc1C. The largest absolute Gasteiger partial charge is 0.294 e. The first-order valence-corrected chi connectivity index (χ1v) is 8.24. The Morgan fingerprint density at radius 3 is 2.20 bits per heavy atom. The van der Waals surface area contributed by atoms with Crippen molar-refractivity contribution < 1.29 is 4.79 Å². The Bertz CT molecular complexity index is 437. The number of carbonyl (C=O) groups is 1. The van der Waals surface area contributed by atoms with E-state index in [1.54, 1.807) is 0 Å². The molecule has 0 saturated heterocycles. The Morgan fingerprint density at radius 1 is 0.950 bits per heavy atom. The van der Waals surface area contributed by atoms with Gasteiger partial charge in [0.05, 0.1) is 0 Å². The molecule has 2 heteroatoms. The smallest absolute Gasteiger partial charge is 0.163 e. The van der Waals surface area contributed by atoms with E-state index in [-0.39, 0.29) is 5.78 Å². The molecule has 1 aromatic carbocycles. The van der Waals surface area contributed by atoms with Crippen molar-refractivity contribution in [2.45, 2.75) is 72.1 Å². The lowest BCUT2D eigenvalue weighted by Crippen LogP contribution is -2.02. The fourth-order valence-corrected chi connectivity index (χ4v) is 2.68. The van der Waals surface area contributed by atoms with Crippen LogP contribution in [0.2, 0.25) is 5.02 Å². The van der Waals surface area contributed by atoms with Crippen LogP contribution in [0.5, 0.6) is 0 Å². The van der Waals surface area contributed by atoms with E-state index >= 15 is 0 Å². The molecular weight excluding hydrogens is 268 g/mol. The first kappa shape index (κ1) is 17.2. The average molecular weight is 295 g/mol. The Labute approximate surface area is 128 Å². The molecule has 1 nitrogen and oxygen atoms in total. The van der Waals surface area contributed by atoms with Gasteiger partial charge in [-0.25, -0.2) is 0 Å². The number of unbranched alkanes of at least 4 members (excludes halogenated alkanes) is 6. The first-order chi connectivity index (χ1) is 9.56. The van der Waals surface area contributed by atoms with Gasteiger partial charge in [0.15, 0.2) is 5.78 Å². The van der Waals surface area contributed by atoms with Gasteiger partial charge in [0.2, 0.25) is 0 Å². The number of aryl methyl sites for hydroxylation is 2. The van der Waals surface area contributed by atoms with Crippen molar-refractivity contribution in [2.75, 3.05) is 0 Å². The zero-order chi connectivity index (χ0) is 15.0. The standard InChI is InChI=1S/C18H27ClO/c1-4-5-6-7-8-9-10-11-18(20)16-12-15(3)17(19)13-14(16)2/h12-13H,4-11H2,1-3H3. The summed E-state index contributed by atoms with van der Waals surface area (Å²) in [5.41, 5.74) is 2.83. The minimum atomic E-state index is 0.260. The maximum Gasteiger partial charge on any atom is 0.163 e. The van der Waals surface area contributed by atoms with Crippen molar-refractivity contribution in [2.24, 2.45) is 0 Å². The minimum absolute atomic E-state index is 0.260. The molecule has 0 N–H and O–H groups in total. The van der Waals surface area contributed by atoms with Crippen molar-refractivity contribution in [3.8, 4) is 0 Å². The normalized spacial score (nSPS) is 10.8. The molecule has 0 fully saturated rings. The second-order valence-electron chi connectivity index (χ2n) is 5.71. The second-order valence-corrected chi connectivity index (χ2v) is 6.12. The van der Waals surface area contributed by atoms with Crippen molar-refractivity contribution in [3.05, 3.63) is 33.8 Å². The van der Waals surface area contributed by atoms with Crippen LogP contribution < -0.4 is 0 Å². The highest BCUT2D eigenvalue weighted by Crippen LogP contribution is 2.22. The van der Waals surface area contributed by atoms with Gasteiger partial charge < -0.3 is 0 Å². The third-order valence-electron chi connectivity index (χ3n) is 3.81. The lowest BCUT2D eigenvalue weighted by atomic mass is 9.98. The van der Waals surface area contributed by atoms with Crippen LogP contribution in [0, 0.1) is 13.8 Å². The van der Waals surface area contributed by atoms with E-state index in [0.29, 0.717) is 6.42 Å². The Kier molecular flexibility index (Phi) is 7.91. The van der Waals surface area contributed by atoms with Gasteiger partial charge in [0, 0.05) is 17.0 Å². The third kappa shape index (κ3) is 5.66. The van der Waals surface area contributed by atoms with E-state index in [9.17, 15) is 4.79 Å². The molecule has 0 amide bonds. The number of benzene rings is 1. The zero-order valence-electron chi connectivity index (χ0n) is 13.1. The summed E-state index contributed by atoms with van der Waals surface area (Å²) in [6.45, 7) is 6.14. The van der Waals surface area contributed by atoms with Crippen LogP contribution in [0.3, 0.4) is 0 Å². The summed E-state index contributed by atoms with van der Waals surface area (Å²) in [7, 11) is 0. The summed E-state index contributed by atoms with van der Waals surface area (Å²) in [6.07, 6.45) is 9.35. The number of halogens is 1. The molecule has 0 radical (unpaired) electrons. The molecule has 112 valence electrons. The Morgan fingerprint density at radius 2 is 1.55 bits per heavy atom. The highest BCUT2D eigenvalue weighted by atomic mass is 35.5. The van der Waals surface area contributed by atoms with Crippen molar-refractivity contribution in [1.29, 1.82) is 0 Å². The van der Waals surface area contributed by atoms with Crippen molar-refractivity contribution >= 4 is 17.4 Å². The summed E-state index contributed by atoms with van der Waals surface area (Å²) in [4.78, 5) is 12.2. The summed E-state index contributed by atoms with van der Waals surface area (Å²) in [5.74, 6) is 0.260. The number of hydrogen-bond donors (Lipinski definition) is 0. The lowest BCUT2D eigenvalue weighted by molar-refractivity contribution is 0.0978. The van der Waals surface area contributed by atoms with Crippen molar-refractivity contribution in [3.63, 3.8) is 0 Å². The molecule has 0 heterocycles. The first-order valence-electron chi connectivity index (χ1n) is 7.86. The van der Waals surface area contributed by atoms with Crippen LogP contribution >= 0.6 is 11.6 Å². The van der Waals surface area contributed by atoms with E-state index in [0.717, 1.165) is 28.1 Å². The monoisotopic (exact) mass is 294 g/mol. The predicted molar refractivity (Wildman–Crippen MR) is 87.9 cm³/mol. The molecule has 0 saturated carbocycles. The van der Waals surface area contributed by atoms with Gasteiger partial charge in [-0.05, 0) is 43.5 Å². The Hall–Kier alpha value is -0.820. The van der Waals surface area contributed by atoms with E-state index in [1.165, 1.54) is 38.5 Å². The van der Waals surface area contributed by atoms with Gasteiger partial charge in [-0.3, -0.25) is 4.79 Å². The number of ketones is 1. The lowest BCUT2D eigenvalue weighted by Gasteiger charge is -2.08. The molecule has 0 aliphatic rings. The molecular formula is C18H27ClO. The Balaban J connectivity index is 2.34. The number of Topliss-reactive ketones (excluding diaryl/α,β-unsaturated/α-hetero) is 1. The molecule has 1 aromatic rings. The van der Waals surface area contributed by atoms with Crippen LogP contribution in [0.4, 0.5) is 0 Å². The average Bonchev–Trinajstić information content (AvgIpc) is 2.41. The summed E-state index contributed by atoms with van der Waals surface area (Å²) in [6, 6.07) is 3.83. The summed E-state index contributed by atoms with van der Waals surface area (Å²) in [5, 5.41) is 0.745. The van der Waals surface area contributed by atoms with Crippen molar-refractivity contribution in [1.82, 2.24) is 0 Å². The van der Waals surface area contributed by atoms with Crippen LogP contribution in [-0.4, -0.2) is 5.78 Å². The van der Waals surface area contributed by atoms with E-state index in [1.807, 2.05) is 26.0 Å². The molecule has 0 aliphatic heterocycles. The fourth-order valence-electron chi connectivity index (χ4n) is 2.46. The van der Waals surface area contributed by atoms with Gasteiger partial charge in [0.1, 0.15) is 0 Å². The van der Waals surface area contributed by atoms with E-state index in [4.69, 9.17) is 11.6 Å². The summed E-state index contributed by atoms with van der Waals surface area (Å²) < 4.78 is 0. The van der Waals surface area contributed by atoms with Crippen LogP contribution in [0.25, 0.3) is 0 Å². The van der Waals surface area contributed by atoms with Gasteiger partial charge in [-0.1, -0.05) is 57.0 Å². The quantitative estimate of drug-likeness (QED) is 0.387. The van der Waals surface area contributed by atoms with Gasteiger partial charge in [-0.15, -0.1) is 0 Å². The van der Waals surface area contributed by atoms with Crippen LogP contribution in [-0.2, 0) is 0 Å². The second kappa shape index (κ2) is 9.18. The van der Waals surface area contributed by atoms with Gasteiger partial charge >= 0.3 is 0 Å². The van der Waals surface area contributed by atoms with Crippen LogP contribution in [0.15, 0.2) is 12.1 Å². The van der Waals surface area contributed by atoms with E-state index in [2.05, 4.69) is 6.92 Å². The molecule has 0 aliphatic carbocycles. The van der Waals surface area contributed by atoms with E-state index < -0.39 is 0 Å². The van der Waals surface area contributed by atoms with Gasteiger partial charge in [-0.2, -0.15) is 0 Å². The predicted octanol–water partition coefficient (Wildman–Crippen LogP) is 6.28. The topological polar surface area (TPSA) is 17.1 Å². The maximum atomic E-state index is 12.2. The van der Waals surface area contributed by atoms with Crippen LogP contribution in [0.1, 0.15) is 79.8 Å². The third-order valence-corrected chi connectivity index (χ3v) is 4.22. The highest BCUT2D eigenvalue weighted by Gasteiger charge is 2.10. The molecule has 0 unspecified atom stereocenters. The van der Waals surface area contributed by atoms with Gasteiger partial charge in [0.25, 0.3) is 0 Å². The summed E-state index contributed by atoms with van der Waals surface area (Å²) >= 11 is 6.07. The fraction of sp³-hybridized carbons (Fsp3) is 0.611. The molecule has 0 atom stereocenters. The minimum Gasteiger partial charge on any atom is -0.294 e. The highest BCUT2D eigenvalue weighted by molar-refractivity contribution is 6.31. The number of rotatable bonds is 9. The molecule has 0 bridgehead atoms. The molecule has 0 aromatic heterocycles. The zero-order valence-corrected chi connectivity index (χ0v) is 13.9. The molecule has 1 rings (SSSR count). The molecule has 20 heavy (non-hydrogen) atoms. The number of carbonyl (C=O) groups excluding carboxylic acids is 1.